The Morgan fingerprint density at radius 2 is 1.81 bits per heavy atom. The molecule has 0 unspecified atom stereocenters. The van der Waals surface area contributed by atoms with Crippen molar-refractivity contribution in [2.24, 2.45) is 0 Å². The molecule has 156 valence electrons. The number of rotatable bonds is 7. The van der Waals surface area contributed by atoms with E-state index >= 15 is 0 Å². The zero-order valence-corrected chi connectivity index (χ0v) is 18.3. The number of carbonyl (C=O) groups excluding carboxylic acids is 2. The second kappa shape index (κ2) is 9.59. The molecule has 4 aromatic rings. The van der Waals surface area contributed by atoms with Crippen molar-refractivity contribution in [3.63, 3.8) is 0 Å². The van der Waals surface area contributed by atoms with E-state index < -0.39 is 0 Å². The van der Waals surface area contributed by atoms with Gasteiger partial charge in [-0.25, -0.2) is 9.97 Å². The summed E-state index contributed by atoms with van der Waals surface area (Å²) >= 11 is 2.84. The van der Waals surface area contributed by atoms with E-state index in [0.29, 0.717) is 17.4 Å². The molecular formula is C22H19N5O2S2. The zero-order chi connectivity index (χ0) is 21.6. The first kappa shape index (κ1) is 20.8. The number of aromatic nitrogens is 3. The van der Waals surface area contributed by atoms with E-state index in [9.17, 15) is 9.59 Å². The molecule has 0 saturated heterocycles. The molecule has 0 aliphatic carbocycles. The van der Waals surface area contributed by atoms with Crippen LogP contribution in [0, 0.1) is 0 Å². The number of benzene rings is 1. The van der Waals surface area contributed by atoms with E-state index in [1.165, 1.54) is 29.6 Å². The first-order valence-corrected chi connectivity index (χ1v) is 11.3. The highest BCUT2D eigenvalue weighted by atomic mass is 32.1. The third kappa shape index (κ3) is 5.59. The van der Waals surface area contributed by atoms with Crippen molar-refractivity contribution in [3.05, 3.63) is 70.7 Å². The van der Waals surface area contributed by atoms with Crippen molar-refractivity contribution in [2.45, 2.75) is 19.9 Å². The molecule has 0 atom stereocenters. The van der Waals surface area contributed by atoms with Gasteiger partial charge in [-0.05, 0) is 17.7 Å². The third-order valence-corrected chi connectivity index (χ3v) is 5.99. The third-order valence-electron chi connectivity index (χ3n) is 4.32. The van der Waals surface area contributed by atoms with E-state index in [1.54, 1.807) is 6.20 Å². The number of hydrogen-bond donors (Lipinski definition) is 2. The molecule has 1 aromatic carbocycles. The Kier molecular flexibility index (Phi) is 6.44. The van der Waals surface area contributed by atoms with Gasteiger partial charge < -0.3 is 10.6 Å². The Morgan fingerprint density at radius 1 is 0.968 bits per heavy atom. The van der Waals surface area contributed by atoms with Gasteiger partial charge in [-0.2, -0.15) is 0 Å². The summed E-state index contributed by atoms with van der Waals surface area (Å²) in [5, 5.41) is 10.7. The average molecular weight is 450 g/mol. The number of carbonyl (C=O) groups is 2. The maximum absolute atomic E-state index is 12.4. The van der Waals surface area contributed by atoms with Gasteiger partial charge in [-0.15, -0.1) is 22.7 Å². The number of thiazole rings is 2. The molecule has 2 amide bonds. The summed E-state index contributed by atoms with van der Waals surface area (Å²) in [6.07, 6.45) is 1.90. The van der Waals surface area contributed by atoms with Gasteiger partial charge in [0.1, 0.15) is 5.01 Å². The number of anilines is 1. The van der Waals surface area contributed by atoms with E-state index in [-0.39, 0.29) is 18.2 Å². The van der Waals surface area contributed by atoms with E-state index in [2.05, 4.69) is 25.6 Å². The average Bonchev–Trinajstić information content (AvgIpc) is 3.43. The standard InChI is InChI=1S/C22H19N5O2S2/c1-14(28)24-11-15-5-7-16(8-6-15)19-13-31-22(26-19)27-20(29)10-17-12-30-21(25-17)18-4-2-3-9-23-18/h2-9,12-13H,10-11H2,1H3,(H,24,28)(H,26,27,29). The van der Waals surface area contributed by atoms with Gasteiger partial charge in [0.2, 0.25) is 11.8 Å². The van der Waals surface area contributed by atoms with Gasteiger partial charge in [-0.3, -0.25) is 14.6 Å². The van der Waals surface area contributed by atoms with E-state index in [4.69, 9.17) is 0 Å². The molecule has 0 spiro atoms. The first-order valence-electron chi connectivity index (χ1n) is 9.52. The van der Waals surface area contributed by atoms with Crippen molar-refractivity contribution >= 4 is 39.6 Å². The lowest BCUT2D eigenvalue weighted by Crippen LogP contribution is -2.18. The van der Waals surface area contributed by atoms with Gasteiger partial charge >= 0.3 is 0 Å². The van der Waals surface area contributed by atoms with Crippen LogP contribution in [0.3, 0.4) is 0 Å². The van der Waals surface area contributed by atoms with Crippen molar-refractivity contribution in [2.75, 3.05) is 5.32 Å². The SMILES string of the molecule is CC(=O)NCc1ccc(-c2csc(NC(=O)Cc3csc(-c4ccccn4)n3)n2)cc1. The molecule has 31 heavy (non-hydrogen) atoms. The summed E-state index contributed by atoms with van der Waals surface area (Å²) in [6.45, 7) is 1.99. The highest BCUT2D eigenvalue weighted by molar-refractivity contribution is 7.14. The summed E-state index contributed by atoms with van der Waals surface area (Å²) < 4.78 is 0. The van der Waals surface area contributed by atoms with Crippen molar-refractivity contribution < 1.29 is 9.59 Å². The lowest BCUT2D eigenvalue weighted by molar-refractivity contribution is -0.119. The Balaban J connectivity index is 1.35. The van der Waals surface area contributed by atoms with Crippen LogP contribution in [0.15, 0.2) is 59.4 Å². The summed E-state index contributed by atoms with van der Waals surface area (Å²) in [5.41, 5.74) is 4.25. The molecular weight excluding hydrogens is 430 g/mol. The van der Waals surface area contributed by atoms with E-state index in [1.807, 2.05) is 53.2 Å². The number of pyridine rings is 1. The van der Waals surface area contributed by atoms with Crippen LogP contribution in [-0.4, -0.2) is 26.8 Å². The van der Waals surface area contributed by atoms with Crippen LogP contribution in [0.5, 0.6) is 0 Å². The zero-order valence-electron chi connectivity index (χ0n) is 16.7. The fourth-order valence-corrected chi connectivity index (χ4v) is 4.34. The molecule has 7 nitrogen and oxygen atoms in total. The van der Waals surface area contributed by atoms with Gasteiger partial charge in [-0.1, -0.05) is 30.3 Å². The van der Waals surface area contributed by atoms with E-state index in [0.717, 1.165) is 27.5 Å². The number of amides is 2. The van der Waals surface area contributed by atoms with Gasteiger partial charge in [0.15, 0.2) is 5.13 Å². The number of nitrogens with zero attached hydrogens (tertiary/aromatic N) is 3. The van der Waals surface area contributed by atoms with Crippen LogP contribution >= 0.6 is 22.7 Å². The number of nitrogens with one attached hydrogen (secondary N) is 2. The summed E-state index contributed by atoms with van der Waals surface area (Å²) in [4.78, 5) is 36.7. The van der Waals surface area contributed by atoms with Crippen LogP contribution in [0.4, 0.5) is 5.13 Å². The molecule has 2 N–H and O–H groups in total. The van der Waals surface area contributed by atoms with Crippen molar-refractivity contribution in [3.8, 4) is 22.0 Å². The highest BCUT2D eigenvalue weighted by Gasteiger charge is 2.12. The maximum atomic E-state index is 12.4. The highest BCUT2D eigenvalue weighted by Crippen LogP contribution is 2.26. The lowest BCUT2D eigenvalue weighted by Gasteiger charge is -2.03. The quantitative estimate of drug-likeness (QED) is 0.442. The van der Waals surface area contributed by atoms with Gasteiger partial charge in [0.05, 0.1) is 23.5 Å². The number of hydrogen-bond acceptors (Lipinski definition) is 7. The molecule has 0 saturated carbocycles. The molecule has 0 fully saturated rings. The fourth-order valence-electron chi connectivity index (χ4n) is 2.81. The molecule has 9 heteroatoms. The molecule has 0 bridgehead atoms. The van der Waals surface area contributed by atoms with Gasteiger partial charge in [0.25, 0.3) is 0 Å². The Morgan fingerprint density at radius 3 is 2.55 bits per heavy atom. The summed E-state index contributed by atoms with van der Waals surface area (Å²) in [5.74, 6) is -0.223. The Bertz CT molecular complexity index is 1190. The minimum Gasteiger partial charge on any atom is -0.352 e. The first-order chi connectivity index (χ1) is 15.1. The summed E-state index contributed by atoms with van der Waals surface area (Å²) in [7, 11) is 0. The predicted octanol–water partition coefficient (Wildman–Crippen LogP) is 4.15. The molecule has 3 aromatic heterocycles. The smallest absolute Gasteiger partial charge is 0.232 e. The van der Waals surface area contributed by atoms with Crippen LogP contribution in [0.1, 0.15) is 18.2 Å². The van der Waals surface area contributed by atoms with Crippen molar-refractivity contribution in [1.82, 2.24) is 20.3 Å². The van der Waals surface area contributed by atoms with Gasteiger partial charge in [0, 0.05) is 36.0 Å². The fraction of sp³-hybridized carbons (Fsp3) is 0.136. The Hall–Kier alpha value is -3.43. The molecule has 3 heterocycles. The molecule has 0 aliphatic heterocycles. The normalized spacial score (nSPS) is 10.6. The summed E-state index contributed by atoms with van der Waals surface area (Å²) in [6, 6.07) is 13.5. The van der Waals surface area contributed by atoms with Crippen LogP contribution in [0.25, 0.3) is 22.0 Å². The Labute approximate surface area is 187 Å². The molecule has 0 aliphatic rings. The molecule has 0 radical (unpaired) electrons. The monoisotopic (exact) mass is 449 g/mol. The van der Waals surface area contributed by atoms with Crippen LogP contribution < -0.4 is 10.6 Å². The molecule has 4 rings (SSSR count). The largest absolute Gasteiger partial charge is 0.352 e. The van der Waals surface area contributed by atoms with Crippen LogP contribution in [-0.2, 0) is 22.6 Å². The predicted molar refractivity (Wildman–Crippen MR) is 123 cm³/mol. The van der Waals surface area contributed by atoms with Crippen molar-refractivity contribution in [1.29, 1.82) is 0 Å². The second-order valence-corrected chi connectivity index (χ2v) is 8.44. The lowest BCUT2D eigenvalue weighted by atomic mass is 10.1. The minimum absolute atomic E-state index is 0.0606. The second-order valence-electron chi connectivity index (χ2n) is 6.73. The topological polar surface area (TPSA) is 96.9 Å². The van der Waals surface area contributed by atoms with Crippen LogP contribution in [0.2, 0.25) is 0 Å². The minimum atomic E-state index is -0.163. The maximum Gasteiger partial charge on any atom is 0.232 e.